The molecule has 1 aliphatic heterocycles. The monoisotopic (exact) mass is 332 g/mol. The second-order valence-electron chi connectivity index (χ2n) is 2.84. The first-order valence-corrected chi connectivity index (χ1v) is 5.69. The molecule has 0 spiro atoms. The van der Waals surface area contributed by atoms with Crippen LogP contribution in [0.2, 0.25) is 0 Å². The van der Waals surface area contributed by atoms with Gasteiger partial charge in [0.25, 0.3) is 0 Å². The van der Waals surface area contributed by atoms with Crippen LogP contribution >= 0.6 is 38.5 Å². The number of carbonyl (C=O) groups is 1. The fourth-order valence-corrected chi connectivity index (χ4v) is 2.41. The molecule has 0 bridgehead atoms. The van der Waals surface area contributed by atoms with Crippen LogP contribution < -0.4 is 0 Å². The lowest BCUT2D eigenvalue weighted by molar-refractivity contribution is -0.140. The number of carbonyl (C=O) groups excluding carboxylic acids is 1. The van der Waals surface area contributed by atoms with E-state index in [1.807, 2.05) is 6.92 Å². The van der Waals surface area contributed by atoms with Gasteiger partial charge < -0.3 is 4.74 Å². The van der Waals surface area contributed by atoms with Crippen molar-refractivity contribution in [2.24, 2.45) is 5.92 Å². The van der Waals surface area contributed by atoms with Crippen LogP contribution in [0, 0.1) is 5.92 Å². The quantitative estimate of drug-likeness (QED) is 0.418. The summed E-state index contributed by atoms with van der Waals surface area (Å²) in [7, 11) is 0. The number of alkyl halides is 2. The van der Waals surface area contributed by atoms with Gasteiger partial charge in [-0.3, -0.25) is 4.79 Å². The molecule has 1 unspecified atom stereocenters. The van der Waals surface area contributed by atoms with E-state index in [1.54, 1.807) is 0 Å². The molecule has 1 fully saturated rings. The summed E-state index contributed by atoms with van der Waals surface area (Å²) in [6.45, 7) is 4.09. The maximum absolute atomic E-state index is 11.0. The summed E-state index contributed by atoms with van der Waals surface area (Å²) in [5, 5.41) is 0. The number of hydrogen-bond donors (Lipinski definition) is 0. The van der Waals surface area contributed by atoms with E-state index in [4.69, 9.17) is 4.74 Å². The summed E-state index contributed by atoms with van der Waals surface area (Å²) in [5.41, 5.74) is 0. The summed E-state index contributed by atoms with van der Waals surface area (Å²) in [5.74, 6) is 0.167. The van der Waals surface area contributed by atoms with E-state index >= 15 is 0 Å². The third kappa shape index (κ3) is 1.88. The number of ether oxygens (including phenoxy) is 1. The Labute approximate surface area is 88.3 Å². The third-order valence-electron chi connectivity index (χ3n) is 1.91. The SMILES string of the molecule is CC(I)[C@H]1OC(=O)[C@H](Br)[C@@H]1C. The van der Waals surface area contributed by atoms with E-state index in [2.05, 4.69) is 45.4 Å². The molecule has 0 aromatic heterocycles. The van der Waals surface area contributed by atoms with Crippen LogP contribution in [0.4, 0.5) is 0 Å². The normalized spacial score (nSPS) is 40.4. The standard InChI is InChI=1S/C7H10BrIO2/c1-3-5(8)7(10)11-6(3)4(2)9/h3-6H,1-2H3/t3-,4?,5+,6-/m0/s1. The number of hydrogen-bond acceptors (Lipinski definition) is 2. The van der Waals surface area contributed by atoms with E-state index in [0.717, 1.165) is 0 Å². The zero-order valence-electron chi connectivity index (χ0n) is 6.38. The van der Waals surface area contributed by atoms with E-state index in [0.29, 0.717) is 3.92 Å². The average Bonchev–Trinajstić information content (AvgIpc) is 2.17. The van der Waals surface area contributed by atoms with E-state index in [9.17, 15) is 4.79 Å². The third-order valence-corrected chi connectivity index (χ3v) is 3.83. The lowest BCUT2D eigenvalue weighted by Crippen LogP contribution is -2.24. The molecule has 64 valence electrons. The van der Waals surface area contributed by atoms with Crippen molar-refractivity contribution < 1.29 is 9.53 Å². The summed E-state index contributed by atoms with van der Waals surface area (Å²) >= 11 is 5.58. The van der Waals surface area contributed by atoms with Crippen molar-refractivity contribution >= 4 is 44.5 Å². The van der Waals surface area contributed by atoms with Crippen LogP contribution in [-0.2, 0) is 9.53 Å². The molecule has 0 N–H and O–H groups in total. The van der Waals surface area contributed by atoms with Crippen molar-refractivity contribution in [1.82, 2.24) is 0 Å². The second kappa shape index (κ2) is 3.60. The average molecular weight is 333 g/mol. The van der Waals surface area contributed by atoms with Gasteiger partial charge in [-0.05, 0) is 6.92 Å². The maximum Gasteiger partial charge on any atom is 0.320 e. The van der Waals surface area contributed by atoms with Crippen molar-refractivity contribution in [2.45, 2.75) is 28.7 Å². The molecular weight excluding hydrogens is 323 g/mol. The number of rotatable bonds is 1. The minimum Gasteiger partial charge on any atom is -0.460 e. The van der Waals surface area contributed by atoms with Gasteiger partial charge in [-0.2, -0.15) is 0 Å². The van der Waals surface area contributed by atoms with Gasteiger partial charge in [0.2, 0.25) is 0 Å². The van der Waals surface area contributed by atoms with Gasteiger partial charge in [-0.15, -0.1) is 0 Å². The van der Waals surface area contributed by atoms with Crippen LogP contribution in [0.1, 0.15) is 13.8 Å². The zero-order valence-corrected chi connectivity index (χ0v) is 10.1. The second-order valence-corrected chi connectivity index (χ2v) is 5.79. The highest BCUT2D eigenvalue weighted by atomic mass is 127. The van der Waals surface area contributed by atoms with Gasteiger partial charge in [0.15, 0.2) is 0 Å². The molecule has 0 aliphatic carbocycles. The van der Waals surface area contributed by atoms with E-state index in [-0.39, 0.29) is 22.8 Å². The van der Waals surface area contributed by atoms with Gasteiger partial charge in [-0.1, -0.05) is 45.4 Å². The summed E-state index contributed by atoms with van der Waals surface area (Å²) in [6, 6.07) is 0. The molecule has 11 heavy (non-hydrogen) atoms. The first-order chi connectivity index (χ1) is 5.04. The van der Waals surface area contributed by atoms with Crippen LogP contribution in [0.15, 0.2) is 0 Å². The Kier molecular flexibility index (Phi) is 3.19. The first-order valence-electron chi connectivity index (χ1n) is 3.52. The Balaban J connectivity index is 2.67. The summed E-state index contributed by atoms with van der Waals surface area (Å²) in [6.07, 6.45) is 0.0764. The van der Waals surface area contributed by atoms with Crippen molar-refractivity contribution in [3.8, 4) is 0 Å². The minimum absolute atomic E-state index is 0.0764. The fraction of sp³-hybridized carbons (Fsp3) is 0.857. The van der Waals surface area contributed by atoms with Crippen molar-refractivity contribution in [3.63, 3.8) is 0 Å². The van der Waals surface area contributed by atoms with Crippen LogP contribution in [0.5, 0.6) is 0 Å². The van der Waals surface area contributed by atoms with Crippen LogP contribution in [-0.4, -0.2) is 20.8 Å². The Bertz CT molecular complexity index is 172. The van der Waals surface area contributed by atoms with Gasteiger partial charge >= 0.3 is 5.97 Å². The molecule has 1 heterocycles. The smallest absolute Gasteiger partial charge is 0.320 e. The van der Waals surface area contributed by atoms with Crippen molar-refractivity contribution in [2.75, 3.05) is 0 Å². The summed E-state index contributed by atoms with van der Waals surface area (Å²) < 4.78 is 5.54. The molecule has 0 saturated carbocycles. The predicted molar refractivity (Wildman–Crippen MR) is 55.2 cm³/mol. The molecule has 0 aromatic rings. The zero-order chi connectivity index (χ0) is 8.59. The molecular formula is C7H10BrIO2. The first kappa shape index (κ1) is 9.77. The van der Waals surface area contributed by atoms with Gasteiger partial charge in [0.05, 0.1) is 0 Å². The summed E-state index contributed by atoms with van der Waals surface area (Å²) in [4.78, 5) is 10.9. The predicted octanol–water partition coefficient (Wildman–Crippen LogP) is 2.13. The molecule has 0 amide bonds. The number of cyclic esters (lactones) is 1. The van der Waals surface area contributed by atoms with Crippen LogP contribution in [0.25, 0.3) is 0 Å². The van der Waals surface area contributed by atoms with E-state index in [1.165, 1.54) is 0 Å². The van der Waals surface area contributed by atoms with Crippen molar-refractivity contribution in [3.05, 3.63) is 0 Å². The molecule has 0 radical (unpaired) electrons. The molecule has 4 atom stereocenters. The Morgan fingerprint density at radius 3 is 2.45 bits per heavy atom. The lowest BCUT2D eigenvalue weighted by Gasteiger charge is -2.16. The highest BCUT2D eigenvalue weighted by Crippen LogP contribution is 2.32. The Morgan fingerprint density at radius 2 is 2.27 bits per heavy atom. The van der Waals surface area contributed by atoms with Crippen molar-refractivity contribution in [1.29, 1.82) is 0 Å². The van der Waals surface area contributed by atoms with Gasteiger partial charge in [0.1, 0.15) is 10.9 Å². The van der Waals surface area contributed by atoms with E-state index < -0.39 is 0 Å². The lowest BCUT2D eigenvalue weighted by atomic mass is 10.0. The topological polar surface area (TPSA) is 26.3 Å². The van der Waals surface area contributed by atoms with Crippen LogP contribution in [0.3, 0.4) is 0 Å². The minimum atomic E-state index is -0.119. The molecule has 0 aromatic carbocycles. The maximum atomic E-state index is 11.0. The Morgan fingerprint density at radius 1 is 1.73 bits per heavy atom. The highest BCUT2D eigenvalue weighted by molar-refractivity contribution is 14.1. The highest BCUT2D eigenvalue weighted by Gasteiger charge is 2.41. The molecule has 1 aliphatic rings. The Hall–Kier alpha value is 0.680. The molecule has 1 rings (SSSR count). The molecule has 4 heteroatoms. The fourth-order valence-electron chi connectivity index (χ4n) is 1.20. The molecule has 1 saturated heterocycles. The molecule has 2 nitrogen and oxygen atoms in total. The number of esters is 1. The number of halogens is 2. The largest absolute Gasteiger partial charge is 0.460 e. The van der Waals surface area contributed by atoms with Gasteiger partial charge in [0, 0.05) is 9.84 Å². The van der Waals surface area contributed by atoms with Gasteiger partial charge in [-0.25, -0.2) is 0 Å².